The van der Waals surface area contributed by atoms with Crippen LogP contribution in [0.4, 0.5) is 5.69 Å². The molecule has 1 aliphatic rings. The van der Waals surface area contributed by atoms with Crippen molar-refractivity contribution in [1.29, 1.82) is 0 Å². The summed E-state index contributed by atoms with van der Waals surface area (Å²) in [6.45, 7) is 0.528. The Morgan fingerprint density at radius 3 is 2.71 bits per heavy atom. The lowest BCUT2D eigenvalue weighted by Gasteiger charge is -2.16. The average molecular weight is 348 g/mol. The summed E-state index contributed by atoms with van der Waals surface area (Å²) < 4.78 is 35.0. The van der Waals surface area contributed by atoms with Crippen molar-refractivity contribution in [2.24, 2.45) is 0 Å². The lowest BCUT2D eigenvalue weighted by Crippen LogP contribution is -2.24. The fourth-order valence-electron chi connectivity index (χ4n) is 2.35. The molecule has 1 fully saturated rings. The molecule has 0 amide bonds. The van der Waals surface area contributed by atoms with Crippen molar-refractivity contribution in [2.75, 3.05) is 16.6 Å². The van der Waals surface area contributed by atoms with Gasteiger partial charge in [-0.2, -0.15) is 0 Å². The molecule has 0 bridgehead atoms. The number of hydrogen-bond acceptors (Lipinski definition) is 6. The normalized spacial score (nSPS) is 16.6. The van der Waals surface area contributed by atoms with E-state index in [1.54, 1.807) is 36.4 Å². The van der Waals surface area contributed by atoms with Crippen molar-refractivity contribution in [2.45, 2.75) is 13.0 Å². The summed E-state index contributed by atoms with van der Waals surface area (Å²) in [5.74, 6) is 0.150. The van der Waals surface area contributed by atoms with Gasteiger partial charge in [0.05, 0.1) is 17.6 Å². The third kappa shape index (κ3) is 3.83. The summed E-state index contributed by atoms with van der Waals surface area (Å²) in [6, 6.07) is 8.57. The standard InChI is InChI=1S/C16H16N2O5S/c19-16(22-12-15-8-9-17-23-15)7-4-13-2-5-14(6-3-13)18-10-1-11-24(18,20)21/h2-9H,1,10-12H2/b7-4+. The molecule has 0 N–H and O–H groups in total. The van der Waals surface area contributed by atoms with Crippen LogP contribution in [-0.4, -0.2) is 31.8 Å². The van der Waals surface area contributed by atoms with Crippen LogP contribution in [-0.2, 0) is 26.2 Å². The van der Waals surface area contributed by atoms with E-state index < -0.39 is 16.0 Å². The molecular weight excluding hydrogens is 332 g/mol. The van der Waals surface area contributed by atoms with Crippen molar-refractivity contribution in [3.8, 4) is 0 Å². The highest BCUT2D eigenvalue weighted by Gasteiger charge is 2.28. The van der Waals surface area contributed by atoms with Crippen molar-refractivity contribution < 1.29 is 22.5 Å². The zero-order valence-corrected chi connectivity index (χ0v) is 13.6. The van der Waals surface area contributed by atoms with Crippen LogP contribution in [0.25, 0.3) is 6.08 Å². The van der Waals surface area contributed by atoms with Gasteiger partial charge in [-0.05, 0) is 30.2 Å². The molecule has 1 saturated heterocycles. The molecule has 1 aromatic heterocycles. The quantitative estimate of drug-likeness (QED) is 0.606. The van der Waals surface area contributed by atoms with Crippen LogP contribution in [0.3, 0.4) is 0 Å². The Labute approximate surface area is 139 Å². The van der Waals surface area contributed by atoms with Gasteiger partial charge in [0.2, 0.25) is 10.0 Å². The van der Waals surface area contributed by atoms with Crippen LogP contribution in [0.1, 0.15) is 17.7 Å². The monoisotopic (exact) mass is 348 g/mol. The Morgan fingerprint density at radius 2 is 2.08 bits per heavy atom. The Bertz CT molecular complexity index is 826. The van der Waals surface area contributed by atoms with Crippen molar-refractivity contribution in [3.05, 3.63) is 53.9 Å². The molecule has 7 nitrogen and oxygen atoms in total. The van der Waals surface area contributed by atoms with Crippen molar-refractivity contribution >= 4 is 27.8 Å². The second-order valence-electron chi connectivity index (χ2n) is 5.25. The number of sulfonamides is 1. The van der Waals surface area contributed by atoms with Gasteiger partial charge in [0.1, 0.15) is 0 Å². The number of hydrogen-bond donors (Lipinski definition) is 0. The highest BCUT2D eigenvalue weighted by molar-refractivity contribution is 7.93. The number of anilines is 1. The predicted molar refractivity (Wildman–Crippen MR) is 87.5 cm³/mol. The molecule has 0 unspecified atom stereocenters. The van der Waals surface area contributed by atoms with Crippen LogP contribution in [0.15, 0.2) is 47.1 Å². The molecule has 24 heavy (non-hydrogen) atoms. The van der Waals surface area contributed by atoms with Gasteiger partial charge < -0.3 is 9.26 Å². The highest BCUT2D eigenvalue weighted by Crippen LogP contribution is 2.24. The molecule has 2 aromatic rings. The molecule has 0 aliphatic carbocycles. The molecule has 8 heteroatoms. The summed E-state index contributed by atoms with van der Waals surface area (Å²) in [5, 5.41) is 3.51. The third-order valence-electron chi connectivity index (χ3n) is 3.54. The van der Waals surface area contributed by atoms with Gasteiger partial charge in [-0.15, -0.1) is 0 Å². The van der Waals surface area contributed by atoms with Gasteiger partial charge in [0.25, 0.3) is 0 Å². The lowest BCUT2D eigenvalue weighted by molar-refractivity contribution is -0.139. The second kappa shape index (κ2) is 6.88. The molecule has 2 heterocycles. The van der Waals surface area contributed by atoms with Crippen LogP contribution in [0.5, 0.6) is 0 Å². The molecule has 126 valence electrons. The molecule has 1 aliphatic heterocycles. The Balaban J connectivity index is 1.58. The summed E-state index contributed by atoms with van der Waals surface area (Å²) in [6.07, 6.45) is 5.02. The van der Waals surface area contributed by atoms with Gasteiger partial charge in [-0.25, -0.2) is 13.2 Å². The first-order valence-corrected chi connectivity index (χ1v) is 9.00. The van der Waals surface area contributed by atoms with Gasteiger partial charge in [-0.1, -0.05) is 17.3 Å². The lowest BCUT2D eigenvalue weighted by atomic mass is 10.2. The fourth-order valence-corrected chi connectivity index (χ4v) is 3.92. The number of carbonyl (C=O) groups is 1. The number of carbonyl (C=O) groups excluding carboxylic acids is 1. The van der Waals surface area contributed by atoms with E-state index in [2.05, 4.69) is 5.16 Å². The second-order valence-corrected chi connectivity index (χ2v) is 7.27. The van der Waals surface area contributed by atoms with E-state index >= 15 is 0 Å². The summed E-state index contributed by atoms with van der Waals surface area (Å²) in [4.78, 5) is 11.6. The summed E-state index contributed by atoms with van der Waals surface area (Å²) >= 11 is 0. The zero-order valence-electron chi connectivity index (χ0n) is 12.8. The van der Waals surface area contributed by atoms with Crippen LogP contribution < -0.4 is 4.31 Å². The van der Waals surface area contributed by atoms with E-state index in [0.717, 1.165) is 5.56 Å². The van der Waals surface area contributed by atoms with Gasteiger partial charge in [-0.3, -0.25) is 4.31 Å². The van der Waals surface area contributed by atoms with Gasteiger partial charge >= 0.3 is 5.97 Å². The largest absolute Gasteiger partial charge is 0.454 e. The van der Waals surface area contributed by atoms with E-state index in [9.17, 15) is 13.2 Å². The first-order chi connectivity index (χ1) is 11.5. The number of ether oxygens (including phenoxy) is 1. The Kier molecular flexibility index (Phi) is 4.66. The Hall–Kier alpha value is -2.61. The molecule has 0 saturated carbocycles. The minimum Gasteiger partial charge on any atom is -0.454 e. The minimum absolute atomic E-state index is 0.0227. The number of benzene rings is 1. The van der Waals surface area contributed by atoms with Gasteiger partial charge in [0.15, 0.2) is 12.4 Å². The average Bonchev–Trinajstić information content (AvgIpc) is 3.20. The summed E-state index contributed by atoms with van der Waals surface area (Å²) in [5.41, 5.74) is 1.41. The highest BCUT2D eigenvalue weighted by atomic mass is 32.2. The SMILES string of the molecule is O=C(/C=C/c1ccc(N2CCCS2(=O)=O)cc1)OCc1ccno1. The topological polar surface area (TPSA) is 89.7 Å². The number of aromatic nitrogens is 1. The molecule has 0 radical (unpaired) electrons. The molecule has 0 atom stereocenters. The zero-order chi connectivity index (χ0) is 17.0. The van der Waals surface area contributed by atoms with E-state index in [4.69, 9.17) is 9.26 Å². The smallest absolute Gasteiger partial charge is 0.331 e. The van der Waals surface area contributed by atoms with E-state index in [-0.39, 0.29) is 12.4 Å². The van der Waals surface area contributed by atoms with Crippen LogP contribution in [0.2, 0.25) is 0 Å². The molecular formula is C16H16N2O5S. The number of nitrogens with zero attached hydrogens (tertiary/aromatic N) is 2. The van der Waals surface area contributed by atoms with E-state index in [0.29, 0.717) is 24.4 Å². The first kappa shape index (κ1) is 16.3. The van der Waals surface area contributed by atoms with Crippen LogP contribution >= 0.6 is 0 Å². The third-order valence-corrected chi connectivity index (χ3v) is 5.41. The van der Waals surface area contributed by atoms with E-state index in [1.807, 2.05) is 0 Å². The Morgan fingerprint density at radius 1 is 1.29 bits per heavy atom. The molecule has 0 spiro atoms. The maximum atomic E-state index is 11.9. The van der Waals surface area contributed by atoms with Gasteiger partial charge in [0, 0.05) is 18.7 Å². The minimum atomic E-state index is -3.18. The van der Waals surface area contributed by atoms with Crippen molar-refractivity contribution in [1.82, 2.24) is 5.16 Å². The maximum Gasteiger partial charge on any atom is 0.331 e. The molecule has 3 rings (SSSR count). The predicted octanol–water partition coefficient (Wildman–Crippen LogP) is 1.97. The maximum absolute atomic E-state index is 11.9. The van der Waals surface area contributed by atoms with Crippen molar-refractivity contribution in [3.63, 3.8) is 0 Å². The van der Waals surface area contributed by atoms with E-state index in [1.165, 1.54) is 16.6 Å². The first-order valence-electron chi connectivity index (χ1n) is 7.39. The molecule has 1 aromatic carbocycles. The van der Waals surface area contributed by atoms with Crippen LogP contribution in [0, 0.1) is 0 Å². The fraction of sp³-hybridized carbons (Fsp3) is 0.250. The number of rotatable bonds is 5. The number of esters is 1. The summed E-state index contributed by atoms with van der Waals surface area (Å²) in [7, 11) is -3.18.